The number of methoxy groups -OCH3 is 1. The van der Waals surface area contributed by atoms with E-state index in [0.29, 0.717) is 36.0 Å². The third-order valence-corrected chi connectivity index (χ3v) is 8.11. The lowest BCUT2D eigenvalue weighted by atomic mass is 10.0. The van der Waals surface area contributed by atoms with Gasteiger partial charge in [-0.25, -0.2) is 15.0 Å². The van der Waals surface area contributed by atoms with Crippen LogP contribution in [0.5, 0.6) is 5.75 Å². The van der Waals surface area contributed by atoms with Crippen molar-refractivity contribution in [3.63, 3.8) is 0 Å². The highest BCUT2D eigenvalue weighted by molar-refractivity contribution is 5.91. The van der Waals surface area contributed by atoms with Crippen LogP contribution in [-0.2, 0) is 25.5 Å². The fourth-order valence-corrected chi connectivity index (χ4v) is 5.52. The SMILES string of the molecule is COC(=O)CC(=O)O/C=C/c1ccc(NCCc2cc(C)c(O)c(-c3nc(-c4ccc(C)cc4C)nc(-c4ccc(C)cc4C)n3)c2)cc1. The summed E-state index contributed by atoms with van der Waals surface area (Å²) in [6.45, 7) is 10.7. The maximum Gasteiger partial charge on any atom is 0.321 e. The number of carbonyl (C=O) groups excluding carboxylic acids is 2. The highest BCUT2D eigenvalue weighted by Gasteiger charge is 2.18. The molecule has 0 aliphatic rings. The van der Waals surface area contributed by atoms with Crippen molar-refractivity contribution in [3.8, 4) is 39.9 Å². The lowest BCUT2D eigenvalue weighted by Crippen LogP contribution is -2.09. The fraction of sp³-hybridized carbons (Fsp3) is 0.225. The number of nitrogens with one attached hydrogen (secondary N) is 1. The number of carbonyl (C=O) groups is 2. The predicted octanol–water partition coefficient (Wildman–Crippen LogP) is 7.85. The van der Waals surface area contributed by atoms with E-state index in [-0.39, 0.29) is 5.75 Å². The largest absolute Gasteiger partial charge is 0.507 e. The molecular weight excluding hydrogens is 616 g/mol. The first kappa shape index (κ1) is 34.5. The summed E-state index contributed by atoms with van der Waals surface area (Å²) in [5.74, 6) is 0.324. The summed E-state index contributed by atoms with van der Waals surface area (Å²) in [5, 5.41) is 14.7. The molecule has 5 rings (SSSR count). The molecule has 0 aliphatic heterocycles. The molecule has 9 heteroatoms. The van der Waals surface area contributed by atoms with Crippen molar-refractivity contribution in [1.29, 1.82) is 0 Å². The minimum Gasteiger partial charge on any atom is -0.507 e. The van der Waals surface area contributed by atoms with Gasteiger partial charge in [-0.05, 0) is 93.1 Å². The Balaban J connectivity index is 1.36. The van der Waals surface area contributed by atoms with Crippen molar-refractivity contribution in [3.05, 3.63) is 118 Å². The molecule has 9 nitrogen and oxygen atoms in total. The average molecular weight is 657 g/mol. The van der Waals surface area contributed by atoms with Gasteiger partial charge in [0.15, 0.2) is 17.5 Å². The quantitative estimate of drug-likeness (QED) is 0.0831. The number of hydrogen-bond donors (Lipinski definition) is 2. The molecule has 0 atom stereocenters. The molecule has 0 fully saturated rings. The summed E-state index contributed by atoms with van der Waals surface area (Å²) in [7, 11) is 1.22. The minimum absolute atomic E-state index is 0.140. The number of rotatable bonds is 11. The van der Waals surface area contributed by atoms with Crippen LogP contribution in [0.15, 0.2) is 79.1 Å². The van der Waals surface area contributed by atoms with E-state index in [0.717, 1.165) is 55.8 Å². The summed E-state index contributed by atoms with van der Waals surface area (Å²) in [4.78, 5) is 37.5. The van der Waals surface area contributed by atoms with E-state index < -0.39 is 18.4 Å². The standard InChI is InChI=1S/C40H40N4O5/c1-24-7-13-32(26(3)19-24)38-42-39(33-14-8-25(2)20-27(33)4)44-40(43-38)34-22-30(21-28(5)37(34)47)15-17-41-31-11-9-29(10-12-31)16-18-49-36(46)23-35(45)48-6/h7-14,16,18-22,41,47H,15,17,23H2,1-6H3/b18-16+. The van der Waals surface area contributed by atoms with Crippen molar-refractivity contribution in [2.24, 2.45) is 0 Å². The lowest BCUT2D eigenvalue weighted by molar-refractivity contribution is -0.149. The van der Waals surface area contributed by atoms with E-state index in [1.54, 1.807) is 6.08 Å². The molecule has 0 amide bonds. The molecular formula is C40H40N4O5. The smallest absolute Gasteiger partial charge is 0.321 e. The number of ether oxygens (including phenoxy) is 2. The number of benzene rings is 4. The van der Waals surface area contributed by atoms with Gasteiger partial charge in [0.1, 0.15) is 12.2 Å². The Morgan fingerprint density at radius 3 is 1.84 bits per heavy atom. The number of phenolic OH excluding ortho intramolecular Hbond substituents is 1. The Morgan fingerprint density at radius 2 is 1.29 bits per heavy atom. The average Bonchev–Trinajstić information content (AvgIpc) is 3.06. The highest BCUT2D eigenvalue weighted by Crippen LogP contribution is 2.35. The van der Waals surface area contributed by atoms with Gasteiger partial charge in [0.2, 0.25) is 0 Å². The molecule has 1 aromatic heterocycles. The number of phenols is 1. The van der Waals surface area contributed by atoms with Gasteiger partial charge in [-0.2, -0.15) is 0 Å². The van der Waals surface area contributed by atoms with E-state index in [1.165, 1.54) is 13.4 Å². The van der Waals surface area contributed by atoms with Crippen LogP contribution in [-0.4, -0.2) is 45.7 Å². The van der Waals surface area contributed by atoms with Gasteiger partial charge in [-0.15, -0.1) is 0 Å². The maximum absolute atomic E-state index is 11.6. The second-order valence-corrected chi connectivity index (χ2v) is 12.1. The van der Waals surface area contributed by atoms with Crippen LogP contribution >= 0.6 is 0 Å². The number of anilines is 1. The number of hydrogen-bond acceptors (Lipinski definition) is 9. The molecule has 0 unspecified atom stereocenters. The fourth-order valence-electron chi connectivity index (χ4n) is 5.52. The third kappa shape index (κ3) is 8.75. The molecule has 0 bridgehead atoms. The molecule has 4 aromatic carbocycles. The van der Waals surface area contributed by atoms with Crippen LogP contribution < -0.4 is 5.32 Å². The van der Waals surface area contributed by atoms with Crippen LogP contribution in [0.4, 0.5) is 5.69 Å². The van der Waals surface area contributed by atoms with E-state index in [1.807, 2.05) is 55.5 Å². The summed E-state index contributed by atoms with van der Waals surface area (Å²) < 4.78 is 9.39. The van der Waals surface area contributed by atoms with E-state index in [9.17, 15) is 14.7 Å². The van der Waals surface area contributed by atoms with Gasteiger partial charge in [0.25, 0.3) is 0 Å². The first-order chi connectivity index (χ1) is 23.5. The first-order valence-electron chi connectivity index (χ1n) is 16.0. The van der Waals surface area contributed by atoms with Gasteiger partial charge < -0.3 is 19.9 Å². The topological polar surface area (TPSA) is 124 Å². The second-order valence-electron chi connectivity index (χ2n) is 12.1. The third-order valence-electron chi connectivity index (χ3n) is 8.11. The Morgan fingerprint density at radius 1 is 0.714 bits per heavy atom. The van der Waals surface area contributed by atoms with Gasteiger partial charge in [0, 0.05) is 23.4 Å². The van der Waals surface area contributed by atoms with Gasteiger partial charge in [-0.1, -0.05) is 65.7 Å². The molecule has 250 valence electrons. The monoisotopic (exact) mass is 656 g/mol. The number of nitrogens with zero attached hydrogens (tertiary/aromatic N) is 3. The Hall–Kier alpha value is -5.83. The van der Waals surface area contributed by atoms with Gasteiger partial charge in [0.05, 0.1) is 18.9 Å². The number of aromatic nitrogens is 3. The van der Waals surface area contributed by atoms with Crippen LogP contribution in [0.1, 0.15) is 45.4 Å². The van der Waals surface area contributed by atoms with Crippen molar-refractivity contribution in [2.75, 3.05) is 19.0 Å². The van der Waals surface area contributed by atoms with Gasteiger partial charge >= 0.3 is 11.9 Å². The van der Waals surface area contributed by atoms with Crippen LogP contribution in [0, 0.1) is 34.6 Å². The molecule has 5 aromatic rings. The second kappa shape index (κ2) is 15.4. The summed E-state index contributed by atoms with van der Waals surface area (Å²) in [5.41, 5.74) is 10.3. The van der Waals surface area contributed by atoms with Crippen LogP contribution in [0.3, 0.4) is 0 Å². The predicted molar refractivity (Wildman–Crippen MR) is 192 cm³/mol. The molecule has 0 spiro atoms. The van der Waals surface area contributed by atoms with Gasteiger partial charge in [-0.3, -0.25) is 9.59 Å². The van der Waals surface area contributed by atoms with Crippen LogP contribution in [0.2, 0.25) is 0 Å². The van der Waals surface area contributed by atoms with E-state index in [4.69, 9.17) is 19.7 Å². The van der Waals surface area contributed by atoms with E-state index >= 15 is 0 Å². The molecule has 0 saturated heterocycles. The van der Waals surface area contributed by atoms with E-state index in [2.05, 4.69) is 62.0 Å². The summed E-state index contributed by atoms with van der Waals surface area (Å²) in [6.07, 6.45) is 3.13. The minimum atomic E-state index is -0.687. The zero-order chi connectivity index (χ0) is 35.1. The number of esters is 2. The molecule has 0 saturated carbocycles. The Bertz CT molecular complexity index is 1970. The molecule has 2 N–H and O–H groups in total. The number of aryl methyl sites for hydroxylation is 5. The lowest BCUT2D eigenvalue weighted by Gasteiger charge is -2.14. The molecule has 1 heterocycles. The van der Waals surface area contributed by atoms with Crippen molar-refractivity contribution in [2.45, 2.75) is 47.5 Å². The van der Waals surface area contributed by atoms with Crippen molar-refractivity contribution >= 4 is 23.7 Å². The summed E-state index contributed by atoms with van der Waals surface area (Å²) >= 11 is 0. The maximum atomic E-state index is 11.6. The van der Waals surface area contributed by atoms with Crippen LogP contribution in [0.25, 0.3) is 40.2 Å². The Labute approximate surface area is 286 Å². The van der Waals surface area contributed by atoms with Crippen molar-refractivity contribution < 1.29 is 24.2 Å². The number of aromatic hydroxyl groups is 1. The Kier molecular flexibility index (Phi) is 10.8. The van der Waals surface area contributed by atoms with Crippen molar-refractivity contribution in [1.82, 2.24) is 15.0 Å². The zero-order valence-electron chi connectivity index (χ0n) is 28.6. The molecule has 0 aliphatic carbocycles. The highest BCUT2D eigenvalue weighted by atomic mass is 16.5. The molecule has 49 heavy (non-hydrogen) atoms. The summed E-state index contributed by atoms with van der Waals surface area (Å²) in [6, 6.07) is 24.0. The molecule has 0 radical (unpaired) electrons. The normalized spacial score (nSPS) is 11.1. The zero-order valence-corrected chi connectivity index (χ0v) is 28.6. The first-order valence-corrected chi connectivity index (χ1v) is 16.0.